The molecule has 2 atom stereocenters. The van der Waals surface area contributed by atoms with Gasteiger partial charge in [-0.3, -0.25) is 10.1 Å². The third kappa shape index (κ3) is 4.59. The molecular formula is C13H21NO3. The Bertz CT molecular complexity index is 328. The van der Waals surface area contributed by atoms with Crippen molar-refractivity contribution in [2.75, 3.05) is 0 Å². The van der Waals surface area contributed by atoms with Gasteiger partial charge in [-0.25, -0.2) is 4.79 Å². The number of alkyl carbamates (subject to hydrolysis) is 1. The number of hydrogen-bond acceptors (Lipinski definition) is 3. The summed E-state index contributed by atoms with van der Waals surface area (Å²) >= 11 is 0. The van der Waals surface area contributed by atoms with E-state index in [0.717, 1.165) is 6.42 Å². The van der Waals surface area contributed by atoms with Crippen molar-refractivity contribution in [2.45, 2.75) is 46.1 Å². The van der Waals surface area contributed by atoms with Crippen molar-refractivity contribution in [2.24, 2.45) is 11.8 Å². The van der Waals surface area contributed by atoms with E-state index in [9.17, 15) is 9.59 Å². The molecule has 96 valence electrons. The number of amides is 2. The highest BCUT2D eigenvalue weighted by Crippen LogP contribution is 2.25. The molecule has 1 rings (SSSR count). The van der Waals surface area contributed by atoms with Gasteiger partial charge in [-0.1, -0.05) is 19.1 Å². The Hall–Kier alpha value is -1.32. The van der Waals surface area contributed by atoms with Gasteiger partial charge in [0.2, 0.25) is 5.91 Å². The van der Waals surface area contributed by atoms with E-state index in [2.05, 4.69) is 11.4 Å². The summed E-state index contributed by atoms with van der Waals surface area (Å²) in [4.78, 5) is 23.3. The van der Waals surface area contributed by atoms with Crippen molar-refractivity contribution in [1.29, 1.82) is 0 Å². The summed E-state index contributed by atoms with van der Waals surface area (Å²) in [7, 11) is 0. The molecule has 0 aromatic carbocycles. The number of imide groups is 1. The van der Waals surface area contributed by atoms with E-state index in [4.69, 9.17) is 4.74 Å². The minimum absolute atomic E-state index is 0.132. The van der Waals surface area contributed by atoms with Crippen LogP contribution in [0, 0.1) is 11.8 Å². The third-order valence-corrected chi connectivity index (χ3v) is 2.71. The quantitative estimate of drug-likeness (QED) is 0.716. The molecule has 0 saturated carbocycles. The molecule has 1 N–H and O–H groups in total. The fourth-order valence-corrected chi connectivity index (χ4v) is 1.81. The van der Waals surface area contributed by atoms with Crippen LogP contribution in [0.2, 0.25) is 0 Å². The molecule has 0 unspecified atom stereocenters. The van der Waals surface area contributed by atoms with Crippen LogP contribution in [-0.2, 0) is 9.53 Å². The molecule has 0 fully saturated rings. The topological polar surface area (TPSA) is 55.4 Å². The van der Waals surface area contributed by atoms with Gasteiger partial charge in [0.1, 0.15) is 5.60 Å². The Balaban J connectivity index is 2.49. The number of ether oxygens (including phenoxy) is 1. The van der Waals surface area contributed by atoms with Crippen molar-refractivity contribution < 1.29 is 14.3 Å². The molecule has 2 amide bonds. The number of nitrogens with one attached hydrogen (secondary N) is 1. The van der Waals surface area contributed by atoms with Crippen LogP contribution in [0.1, 0.15) is 40.5 Å². The number of carbonyl (C=O) groups excluding carboxylic acids is 2. The second-order valence-electron chi connectivity index (χ2n) is 5.52. The Labute approximate surface area is 102 Å². The molecule has 0 heterocycles. The molecule has 1 aliphatic rings. The normalized spacial score (nSPS) is 24.2. The van der Waals surface area contributed by atoms with E-state index < -0.39 is 11.7 Å². The first-order valence-electron chi connectivity index (χ1n) is 5.98. The van der Waals surface area contributed by atoms with Crippen molar-refractivity contribution in [3.63, 3.8) is 0 Å². The molecule has 0 aromatic heterocycles. The van der Waals surface area contributed by atoms with Crippen molar-refractivity contribution in [3.8, 4) is 0 Å². The molecule has 0 bridgehead atoms. The minimum atomic E-state index is -0.663. The molecule has 17 heavy (non-hydrogen) atoms. The standard InChI is InChI=1S/C13H21NO3/c1-9-7-5-6-8-10(9)11(15)14-12(16)17-13(2,3)4/h5-6,9-10H,7-8H2,1-4H3,(H,14,15,16)/t9-,10+/m1/s1. The summed E-state index contributed by atoms with van der Waals surface area (Å²) in [6, 6.07) is 0. The largest absolute Gasteiger partial charge is 0.444 e. The summed E-state index contributed by atoms with van der Waals surface area (Å²) in [5.41, 5.74) is -0.581. The highest BCUT2D eigenvalue weighted by Gasteiger charge is 2.28. The predicted molar refractivity (Wildman–Crippen MR) is 65.4 cm³/mol. The van der Waals surface area contributed by atoms with Crippen LogP contribution in [0.5, 0.6) is 0 Å². The van der Waals surface area contributed by atoms with Gasteiger partial charge in [0.05, 0.1) is 0 Å². The van der Waals surface area contributed by atoms with E-state index in [0.29, 0.717) is 6.42 Å². The monoisotopic (exact) mass is 239 g/mol. The third-order valence-electron chi connectivity index (χ3n) is 2.71. The predicted octanol–water partition coefficient (Wildman–Crippen LogP) is 2.64. The van der Waals surface area contributed by atoms with Crippen LogP contribution < -0.4 is 5.32 Å². The summed E-state index contributed by atoms with van der Waals surface area (Å²) in [6.45, 7) is 7.32. The Morgan fingerprint density at radius 3 is 2.35 bits per heavy atom. The molecule has 0 spiro atoms. The van der Waals surface area contributed by atoms with Crippen molar-refractivity contribution in [3.05, 3.63) is 12.2 Å². The van der Waals surface area contributed by atoms with E-state index in [1.165, 1.54) is 0 Å². The molecule has 0 radical (unpaired) electrons. The van der Waals surface area contributed by atoms with E-state index in [1.54, 1.807) is 20.8 Å². The van der Waals surface area contributed by atoms with Gasteiger partial charge < -0.3 is 4.74 Å². The fraction of sp³-hybridized carbons (Fsp3) is 0.692. The lowest BCUT2D eigenvalue weighted by atomic mass is 9.84. The second-order valence-corrected chi connectivity index (χ2v) is 5.52. The van der Waals surface area contributed by atoms with Crippen LogP contribution >= 0.6 is 0 Å². The van der Waals surface area contributed by atoms with E-state index in [-0.39, 0.29) is 17.7 Å². The number of carbonyl (C=O) groups is 2. The molecular weight excluding hydrogens is 218 g/mol. The highest BCUT2D eigenvalue weighted by molar-refractivity contribution is 5.93. The van der Waals surface area contributed by atoms with E-state index >= 15 is 0 Å². The lowest BCUT2D eigenvalue weighted by molar-refractivity contribution is -0.126. The Morgan fingerprint density at radius 2 is 1.82 bits per heavy atom. The molecule has 0 aromatic rings. The fourth-order valence-electron chi connectivity index (χ4n) is 1.81. The first-order valence-corrected chi connectivity index (χ1v) is 5.98. The van der Waals surface area contributed by atoms with E-state index in [1.807, 2.05) is 13.0 Å². The van der Waals surface area contributed by atoms with Crippen LogP contribution in [0.4, 0.5) is 4.79 Å². The maximum atomic E-state index is 11.9. The van der Waals surface area contributed by atoms with Crippen LogP contribution in [0.25, 0.3) is 0 Å². The average molecular weight is 239 g/mol. The average Bonchev–Trinajstić information content (AvgIpc) is 2.14. The van der Waals surface area contributed by atoms with Crippen molar-refractivity contribution >= 4 is 12.0 Å². The van der Waals surface area contributed by atoms with Gasteiger partial charge in [0, 0.05) is 5.92 Å². The number of allylic oxidation sites excluding steroid dienone is 2. The first-order chi connectivity index (χ1) is 7.79. The Morgan fingerprint density at radius 1 is 1.24 bits per heavy atom. The van der Waals surface area contributed by atoms with Crippen LogP contribution in [0.3, 0.4) is 0 Å². The smallest absolute Gasteiger partial charge is 0.414 e. The van der Waals surface area contributed by atoms with Crippen LogP contribution in [-0.4, -0.2) is 17.6 Å². The zero-order valence-electron chi connectivity index (χ0n) is 10.9. The molecule has 4 heteroatoms. The molecule has 0 aliphatic heterocycles. The summed E-state index contributed by atoms with van der Waals surface area (Å²) in [5, 5.41) is 2.30. The SMILES string of the molecule is C[C@@H]1CC=CC[C@@H]1C(=O)NC(=O)OC(C)(C)C. The molecule has 4 nitrogen and oxygen atoms in total. The molecule has 1 aliphatic carbocycles. The second kappa shape index (κ2) is 5.34. The maximum Gasteiger partial charge on any atom is 0.414 e. The minimum Gasteiger partial charge on any atom is -0.444 e. The van der Waals surface area contributed by atoms with Gasteiger partial charge in [0.15, 0.2) is 0 Å². The van der Waals surface area contributed by atoms with Gasteiger partial charge >= 0.3 is 6.09 Å². The lowest BCUT2D eigenvalue weighted by Crippen LogP contribution is -2.41. The van der Waals surface area contributed by atoms with Crippen LogP contribution in [0.15, 0.2) is 12.2 Å². The Kier molecular flexibility index (Phi) is 4.32. The van der Waals surface area contributed by atoms with Gasteiger partial charge in [-0.15, -0.1) is 0 Å². The van der Waals surface area contributed by atoms with Gasteiger partial charge in [0.25, 0.3) is 0 Å². The zero-order valence-corrected chi connectivity index (χ0v) is 10.9. The zero-order chi connectivity index (χ0) is 13.1. The number of rotatable bonds is 1. The first kappa shape index (κ1) is 13.7. The maximum absolute atomic E-state index is 11.9. The van der Waals surface area contributed by atoms with Crippen molar-refractivity contribution in [1.82, 2.24) is 5.32 Å². The molecule has 0 saturated heterocycles. The summed E-state index contributed by atoms with van der Waals surface area (Å²) < 4.78 is 5.05. The number of hydrogen-bond donors (Lipinski definition) is 1. The summed E-state index contributed by atoms with van der Waals surface area (Å²) in [6.07, 6.45) is 4.97. The highest BCUT2D eigenvalue weighted by atomic mass is 16.6. The summed E-state index contributed by atoms with van der Waals surface area (Å²) in [5.74, 6) is -0.106. The van der Waals surface area contributed by atoms with Gasteiger partial charge in [-0.2, -0.15) is 0 Å². The van der Waals surface area contributed by atoms with Gasteiger partial charge in [-0.05, 0) is 39.5 Å². The lowest BCUT2D eigenvalue weighted by Gasteiger charge is -2.25.